The lowest BCUT2D eigenvalue weighted by atomic mass is 10.1. The molecule has 0 fully saturated rings. The highest BCUT2D eigenvalue weighted by Crippen LogP contribution is 2.11. The van der Waals surface area contributed by atoms with Crippen LogP contribution in [0.15, 0.2) is 182 Å². The van der Waals surface area contributed by atoms with E-state index in [4.69, 9.17) is 14.2 Å². The van der Waals surface area contributed by atoms with Crippen molar-refractivity contribution in [3.63, 3.8) is 0 Å². The summed E-state index contributed by atoms with van der Waals surface area (Å²) in [5.41, 5.74) is 0. The zero-order chi connectivity index (χ0) is 45.8. The lowest BCUT2D eigenvalue weighted by molar-refractivity contribution is -0.167. The van der Waals surface area contributed by atoms with Crippen molar-refractivity contribution in [1.29, 1.82) is 0 Å². The predicted octanol–water partition coefficient (Wildman–Crippen LogP) is 15.4. The van der Waals surface area contributed by atoms with Gasteiger partial charge in [0.2, 0.25) is 0 Å². The van der Waals surface area contributed by atoms with Crippen LogP contribution in [0.2, 0.25) is 0 Å². The summed E-state index contributed by atoms with van der Waals surface area (Å²) in [5.74, 6) is -1.11. The minimum Gasteiger partial charge on any atom is -0.462 e. The summed E-state index contributed by atoms with van der Waals surface area (Å²) in [6.45, 7) is 6.03. The predicted molar refractivity (Wildman–Crippen MR) is 269 cm³/mol. The van der Waals surface area contributed by atoms with Gasteiger partial charge in [-0.3, -0.25) is 14.4 Å². The Hall–Kier alpha value is -5.49. The van der Waals surface area contributed by atoms with Crippen molar-refractivity contribution in [1.82, 2.24) is 0 Å². The van der Waals surface area contributed by atoms with Crippen molar-refractivity contribution >= 4 is 17.9 Å². The van der Waals surface area contributed by atoms with Crippen LogP contribution in [-0.4, -0.2) is 37.2 Å². The molecule has 0 saturated carbocycles. The van der Waals surface area contributed by atoms with Crippen LogP contribution in [0.5, 0.6) is 0 Å². The summed E-state index contributed by atoms with van der Waals surface area (Å²) in [7, 11) is 0. The van der Waals surface area contributed by atoms with Crippen LogP contribution in [-0.2, 0) is 28.6 Å². The maximum atomic E-state index is 12.8. The number of ether oxygens (including phenoxy) is 3. The van der Waals surface area contributed by atoms with E-state index in [9.17, 15) is 14.4 Å². The lowest BCUT2D eigenvalue weighted by Crippen LogP contribution is -2.30. The number of esters is 3. The molecule has 0 aromatic rings. The smallest absolute Gasteiger partial charge is 0.306 e. The summed E-state index contributed by atoms with van der Waals surface area (Å²) in [6, 6.07) is 0. The Bertz CT molecular complexity index is 1600. The Balaban J connectivity index is 4.69. The van der Waals surface area contributed by atoms with Gasteiger partial charge in [-0.1, -0.05) is 229 Å². The summed E-state index contributed by atoms with van der Waals surface area (Å²) >= 11 is 0. The summed E-state index contributed by atoms with van der Waals surface area (Å²) in [5, 5.41) is 0. The van der Waals surface area contributed by atoms with Crippen molar-refractivity contribution in [2.45, 2.75) is 142 Å². The summed E-state index contributed by atoms with van der Waals surface area (Å²) in [6.07, 6.45) is 74.4. The molecular weight excluding hydrogens is 781 g/mol. The number of hydrogen-bond acceptors (Lipinski definition) is 6. The Morgan fingerprint density at radius 3 is 0.968 bits per heavy atom. The SMILES string of the molecule is CC\C=C/C=C\C=C/C=C\C=C/CCCC(=O)OCC(COC(=O)CCCCC\C=C/C=C/C=C\C=C/C=C\C=C/CC)OC(=O)CCCCCCC\C=C/C=C\C=C/C=C\CC. The van der Waals surface area contributed by atoms with E-state index in [2.05, 4.69) is 57.2 Å². The second kappa shape index (κ2) is 49.2. The van der Waals surface area contributed by atoms with Crippen molar-refractivity contribution in [3.05, 3.63) is 182 Å². The van der Waals surface area contributed by atoms with E-state index >= 15 is 0 Å². The molecule has 344 valence electrons. The molecule has 0 heterocycles. The zero-order valence-electron chi connectivity index (χ0n) is 39.0. The largest absolute Gasteiger partial charge is 0.462 e. The van der Waals surface area contributed by atoms with Crippen molar-refractivity contribution < 1.29 is 28.6 Å². The topological polar surface area (TPSA) is 78.9 Å². The zero-order valence-corrected chi connectivity index (χ0v) is 39.0. The van der Waals surface area contributed by atoms with Gasteiger partial charge in [0.15, 0.2) is 6.10 Å². The van der Waals surface area contributed by atoms with Crippen molar-refractivity contribution in [3.8, 4) is 0 Å². The molecule has 0 bridgehead atoms. The van der Waals surface area contributed by atoms with E-state index in [1.54, 1.807) is 0 Å². The molecule has 0 aliphatic carbocycles. The molecule has 0 aliphatic rings. The number of carbonyl (C=O) groups is 3. The van der Waals surface area contributed by atoms with Gasteiger partial charge >= 0.3 is 17.9 Å². The Labute approximate surface area is 383 Å². The molecule has 63 heavy (non-hydrogen) atoms. The monoisotopic (exact) mass is 861 g/mol. The quantitative estimate of drug-likeness (QED) is 0.0266. The van der Waals surface area contributed by atoms with Crippen molar-refractivity contribution in [2.75, 3.05) is 13.2 Å². The minimum absolute atomic E-state index is 0.145. The summed E-state index contributed by atoms with van der Waals surface area (Å²) < 4.78 is 16.6. The maximum absolute atomic E-state index is 12.8. The highest BCUT2D eigenvalue weighted by atomic mass is 16.6. The highest BCUT2D eigenvalue weighted by Gasteiger charge is 2.19. The Morgan fingerprint density at radius 1 is 0.317 bits per heavy atom. The molecule has 0 rings (SSSR count). The number of unbranched alkanes of at least 4 members (excludes halogenated alkanes) is 9. The molecule has 6 heteroatoms. The van der Waals surface area contributed by atoms with Crippen LogP contribution in [0.25, 0.3) is 0 Å². The molecule has 0 saturated heterocycles. The molecule has 1 atom stereocenters. The average molecular weight is 861 g/mol. The fourth-order valence-corrected chi connectivity index (χ4v) is 5.33. The standard InChI is InChI=1S/C57H80O6/c1-4-7-10-13-16-19-22-25-27-28-30-32-35-38-41-44-47-50-56(59)62-53-54(52-61-55(58)49-46-43-40-37-34-31-24-21-18-15-12-9-6-3)63-57(60)51-48-45-42-39-36-33-29-26-23-20-17-14-11-8-5-2/h7-32,34-35,37,40,54H,4-6,33,36,38-39,41-53H2,1-3H3/b10-7-,11-8-,12-9-,16-13-,17-14-,18-15-,22-19-,23-20-,24-21-,27-25-,29-26-,30-28+,34-31-,35-32-,40-37-. The van der Waals surface area contributed by atoms with Gasteiger partial charge in [0.05, 0.1) is 0 Å². The Morgan fingerprint density at radius 2 is 0.587 bits per heavy atom. The first kappa shape index (κ1) is 57.5. The van der Waals surface area contributed by atoms with Gasteiger partial charge in [-0.05, 0) is 70.6 Å². The first-order valence-electron chi connectivity index (χ1n) is 23.5. The fraction of sp³-hybridized carbons (Fsp3) is 0.421. The Kier molecular flexibility index (Phi) is 44.9. The third-order valence-electron chi connectivity index (χ3n) is 8.77. The first-order valence-corrected chi connectivity index (χ1v) is 23.5. The summed E-state index contributed by atoms with van der Waals surface area (Å²) in [4.78, 5) is 37.9. The molecule has 0 aromatic carbocycles. The molecular formula is C57H80O6. The second-order valence-electron chi connectivity index (χ2n) is 14.5. The van der Waals surface area contributed by atoms with Gasteiger partial charge in [-0.15, -0.1) is 0 Å². The van der Waals surface area contributed by atoms with E-state index in [0.29, 0.717) is 19.3 Å². The average Bonchev–Trinajstić information content (AvgIpc) is 3.28. The van der Waals surface area contributed by atoms with Crippen LogP contribution in [0.1, 0.15) is 136 Å². The van der Waals surface area contributed by atoms with Crippen LogP contribution >= 0.6 is 0 Å². The van der Waals surface area contributed by atoms with E-state index in [0.717, 1.165) is 77.0 Å². The van der Waals surface area contributed by atoms with Crippen LogP contribution < -0.4 is 0 Å². The molecule has 0 radical (unpaired) electrons. The number of allylic oxidation sites excluding steroid dienone is 30. The van der Waals surface area contributed by atoms with E-state index in [1.807, 2.05) is 146 Å². The fourth-order valence-electron chi connectivity index (χ4n) is 5.33. The van der Waals surface area contributed by atoms with Gasteiger partial charge in [0.1, 0.15) is 13.2 Å². The maximum Gasteiger partial charge on any atom is 0.306 e. The normalized spacial score (nSPS) is 13.8. The number of carbonyl (C=O) groups excluding carboxylic acids is 3. The van der Waals surface area contributed by atoms with Gasteiger partial charge in [-0.25, -0.2) is 0 Å². The van der Waals surface area contributed by atoms with Crippen LogP contribution in [0.3, 0.4) is 0 Å². The van der Waals surface area contributed by atoms with Crippen LogP contribution in [0, 0.1) is 0 Å². The molecule has 1 unspecified atom stereocenters. The van der Waals surface area contributed by atoms with E-state index in [1.165, 1.54) is 0 Å². The highest BCUT2D eigenvalue weighted by molar-refractivity contribution is 5.71. The minimum atomic E-state index is -0.848. The molecule has 0 spiro atoms. The lowest BCUT2D eigenvalue weighted by Gasteiger charge is -2.18. The third-order valence-corrected chi connectivity index (χ3v) is 8.77. The van der Waals surface area contributed by atoms with Crippen molar-refractivity contribution in [2.24, 2.45) is 0 Å². The molecule has 0 aromatic heterocycles. The second-order valence-corrected chi connectivity index (χ2v) is 14.5. The van der Waals surface area contributed by atoms with Gasteiger partial charge in [-0.2, -0.15) is 0 Å². The van der Waals surface area contributed by atoms with Gasteiger partial charge in [0, 0.05) is 19.3 Å². The number of hydrogen-bond donors (Lipinski definition) is 0. The molecule has 0 amide bonds. The van der Waals surface area contributed by atoms with Crippen LogP contribution in [0.4, 0.5) is 0 Å². The van der Waals surface area contributed by atoms with E-state index in [-0.39, 0.29) is 50.4 Å². The van der Waals surface area contributed by atoms with Gasteiger partial charge in [0.25, 0.3) is 0 Å². The number of rotatable bonds is 38. The molecule has 6 nitrogen and oxygen atoms in total. The molecule has 0 N–H and O–H groups in total. The molecule has 0 aliphatic heterocycles. The van der Waals surface area contributed by atoms with Gasteiger partial charge < -0.3 is 14.2 Å². The first-order chi connectivity index (χ1) is 31.0. The third kappa shape index (κ3) is 47.4. The van der Waals surface area contributed by atoms with E-state index < -0.39 is 6.10 Å².